The molecule has 3 N–H and O–H groups in total. The molecule has 9 nitrogen and oxygen atoms in total. The second-order valence-electron chi connectivity index (χ2n) is 6.12. The normalized spacial score (nSPS) is 12.6. The van der Waals surface area contributed by atoms with Gasteiger partial charge < -0.3 is 15.5 Å². The van der Waals surface area contributed by atoms with Gasteiger partial charge in [-0.25, -0.2) is 24.4 Å². The van der Waals surface area contributed by atoms with Crippen LogP contribution in [0.4, 0.5) is 24.8 Å². The van der Waals surface area contributed by atoms with Gasteiger partial charge in [-0.05, 0) is 36.8 Å². The SMILES string of the molecule is Cc1cc(Nc2nccc(C(F)(F)F)n2)cc(-c2ncn(C[C@@H](O)C(=O)O)n2)c1. The maximum absolute atomic E-state index is 12.8. The van der Waals surface area contributed by atoms with Gasteiger partial charge in [-0.15, -0.1) is 0 Å². The average molecular weight is 408 g/mol. The molecule has 29 heavy (non-hydrogen) atoms. The third-order valence-corrected chi connectivity index (χ3v) is 3.72. The highest BCUT2D eigenvalue weighted by atomic mass is 19.4. The van der Waals surface area contributed by atoms with E-state index < -0.39 is 23.9 Å². The van der Waals surface area contributed by atoms with Gasteiger partial charge in [0.2, 0.25) is 5.95 Å². The fourth-order valence-electron chi connectivity index (χ4n) is 2.46. The van der Waals surface area contributed by atoms with Crippen molar-refractivity contribution in [3.8, 4) is 11.4 Å². The lowest BCUT2D eigenvalue weighted by atomic mass is 10.1. The van der Waals surface area contributed by atoms with Crippen molar-refractivity contribution in [2.45, 2.75) is 25.7 Å². The average Bonchev–Trinajstić information content (AvgIpc) is 3.09. The summed E-state index contributed by atoms with van der Waals surface area (Å²) in [6, 6.07) is 5.78. The Labute approximate surface area is 161 Å². The molecule has 0 aliphatic rings. The molecule has 0 aliphatic carbocycles. The zero-order valence-corrected chi connectivity index (χ0v) is 14.9. The molecule has 2 aromatic heterocycles. The van der Waals surface area contributed by atoms with Gasteiger partial charge in [0.25, 0.3) is 0 Å². The number of aliphatic hydroxyl groups is 1. The highest BCUT2D eigenvalue weighted by molar-refractivity contribution is 5.71. The zero-order chi connectivity index (χ0) is 21.2. The fraction of sp³-hybridized carbons (Fsp3) is 0.235. The van der Waals surface area contributed by atoms with Crippen molar-refractivity contribution in [3.05, 3.63) is 48.0 Å². The number of carboxylic acid groups (broad SMARTS) is 1. The molecule has 0 aliphatic heterocycles. The molecular weight excluding hydrogens is 393 g/mol. The Morgan fingerprint density at radius 2 is 2.03 bits per heavy atom. The van der Waals surface area contributed by atoms with Crippen LogP contribution in [0.2, 0.25) is 0 Å². The molecule has 0 bridgehead atoms. The van der Waals surface area contributed by atoms with Gasteiger partial charge >= 0.3 is 12.1 Å². The molecule has 2 heterocycles. The predicted molar refractivity (Wildman–Crippen MR) is 94.2 cm³/mol. The number of nitrogens with one attached hydrogen (secondary N) is 1. The van der Waals surface area contributed by atoms with E-state index >= 15 is 0 Å². The number of aliphatic hydroxyl groups excluding tert-OH is 1. The minimum absolute atomic E-state index is 0.223. The smallest absolute Gasteiger partial charge is 0.433 e. The summed E-state index contributed by atoms with van der Waals surface area (Å²) in [5, 5.41) is 25.0. The lowest BCUT2D eigenvalue weighted by Crippen LogP contribution is -2.25. The van der Waals surface area contributed by atoms with Crippen LogP contribution < -0.4 is 5.32 Å². The van der Waals surface area contributed by atoms with Crippen molar-refractivity contribution in [2.75, 3.05) is 5.32 Å². The number of benzene rings is 1. The van der Waals surface area contributed by atoms with Crippen LogP contribution in [0, 0.1) is 6.92 Å². The second-order valence-corrected chi connectivity index (χ2v) is 6.12. The fourth-order valence-corrected chi connectivity index (χ4v) is 2.46. The van der Waals surface area contributed by atoms with E-state index in [9.17, 15) is 23.1 Å². The first kappa shape index (κ1) is 20.2. The number of carboxylic acids is 1. The molecule has 0 amide bonds. The van der Waals surface area contributed by atoms with Gasteiger partial charge in [0.05, 0.1) is 6.54 Å². The van der Waals surface area contributed by atoms with Gasteiger partial charge in [0, 0.05) is 17.4 Å². The number of carbonyl (C=O) groups is 1. The lowest BCUT2D eigenvalue weighted by molar-refractivity contribution is -0.147. The van der Waals surface area contributed by atoms with Gasteiger partial charge in [-0.1, -0.05) is 0 Å². The third-order valence-electron chi connectivity index (χ3n) is 3.72. The highest BCUT2D eigenvalue weighted by Crippen LogP contribution is 2.29. The summed E-state index contributed by atoms with van der Waals surface area (Å²) in [5.41, 5.74) is 0.642. The topological polar surface area (TPSA) is 126 Å². The predicted octanol–water partition coefficient (Wildman–Crippen LogP) is 2.25. The van der Waals surface area contributed by atoms with Crippen molar-refractivity contribution in [2.24, 2.45) is 0 Å². The van der Waals surface area contributed by atoms with Crippen molar-refractivity contribution in [1.82, 2.24) is 24.7 Å². The Morgan fingerprint density at radius 3 is 2.72 bits per heavy atom. The third kappa shape index (κ3) is 5.04. The summed E-state index contributed by atoms with van der Waals surface area (Å²) in [5.74, 6) is -1.36. The Hall–Kier alpha value is -3.54. The number of hydrogen-bond donors (Lipinski definition) is 3. The van der Waals surface area contributed by atoms with E-state index in [4.69, 9.17) is 5.11 Å². The van der Waals surface area contributed by atoms with Crippen LogP contribution in [0.5, 0.6) is 0 Å². The monoisotopic (exact) mass is 408 g/mol. The highest BCUT2D eigenvalue weighted by Gasteiger charge is 2.32. The van der Waals surface area contributed by atoms with Crippen molar-refractivity contribution < 1.29 is 28.2 Å². The molecule has 0 saturated carbocycles. The molecule has 0 fully saturated rings. The van der Waals surface area contributed by atoms with Crippen LogP contribution in [-0.4, -0.2) is 47.0 Å². The molecule has 3 aromatic rings. The second kappa shape index (κ2) is 7.83. The van der Waals surface area contributed by atoms with Crippen LogP contribution in [0.1, 0.15) is 11.3 Å². The van der Waals surface area contributed by atoms with E-state index in [-0.39, 0.29) is 18.3 Å². The van der Waals surface area contributed by atoms with Crippen molar-refractivity contribution in [3.63, 3.8) is 0 Å². The Morgan fingerprint density at radius 1 is 1.28 bits per heavy atom. The molecule has 152 valence electrons. The van der Waals surface area contributed by atoms with Crippen molar-refractivity contribution in [1.29, 1.82) is 0 Å². The molecule has 1 aromatic carbocycles. The van der Waals surface area contributed by atoms with Crippen LogP contribution >= 0.6 is 0 Å². The number of aliphatic carboxylic acids is 1. The number of aryl methyl sites for hydroxylation is 1. The first-order chi connectivity index (χ1) is 13.6. The number of aromatic nitrogens is 5. The maximum Gasteiger partial charge on any atom is 0.433 e. The largest absolute Gasteiger partial charge is 0.479 e. The van der Waals surface area contributed by atoms with E-state index in [1.54, 1.807) is 25.1 Å². The standard InChI is InChI=1S/C17H15F3N6O3/c1-9-4-10(14-22-8-26(25-14)7-12(27)15(28)29)6-11(5-9)23-16-21-3-2-13(24-16)17(18,19)20/h2-6,8,12,27H,7H2,1H3,(H,28,29)(H,21,23,24)/t12-/m1/s1. The molecule has 3 rings (SSSR count). The maximum atomic E-state index is 12.8. The number of nitrogens with zero attached hydrogens (tertiary/aromatic N) is 5. The number of anilines is 2. The minimum atomic E-state index is -4.59. The van der Waals surface area contributed by atoms with Gasteiger partial charge in [0.1, 0.15) is 12.0 Å². The molecule has 0 spiro atoms. The summed E-state index contributed by atoms with van der Waals surface area (Å²) in [4.78, 5) is 22.1. The number of alkyl halides is 3. The van der Waals surface area contributed by atoms with Gasteiger partial charge in [-0.2, -0.15) is 18.3 Å². The molecule has 12 heteroatoms. The van der Waals surface area contributed by atoms with E-state index in [1.165, 1.54) is 11.0 Å². The Kier molecular flexibility index (Phi) is 5.46. The van der Waals surface area contributed by atoms with Gasteiger partial charge in [-0.3, -0.25) is 0 Å². The molecule has 1 atom stereocenters. The first-order valence-electron chi connectivity index (χ1n) is 8.21. The first-order valence-corrected chi connectivity index (χ1v) is 8.21. The Balaban J connectivity index is 1.84. The summed E-state index contributed by atoms with van der Waals surface area (Å²) >= 11 is 0. The number of halogens is 3. The van der Waals surface area contributed by atoms with E-state index in [0.717, 1.165) is 17.8 Å². The lowest BCUT2D eigenvalue weighted by Gasteiger charge is -2.10. The van der Waals surface area contributed by atoms with Crippen molar-refractivity contribution >= 4 is 17.6 Å². The van der Waals surface area contributed by atoms with E-state index in [0.29, 0.717) is 11.3 Å². The van der Waals surface area contributed by atoms with Gasteiger partial charge in [0.15, 0.2) is 11.9 Å². The van der Waals surface area contributed by atoms with Crippen LogP contribution in [0.25, 0.3) is 11.4 Å². The van der Waals surface area contributed by atoms with Crippen LogP contribution in [0.3, 0.4) is 0 Å². The molecule has 0 saturated heterocycles. The number of hydrogen-bond acceptors (Lipinski definition) is 7. The Bertz CT molecular complexity index is 1040. The molecular formula is C17H15F3N6O3. The minimum Gasteiger partial charge on any atom is -0.479 e. The summed E-state index contributed by atoms with van der Waals surface area (Å²) in [6.07, 6.45) is -3.94. The molecule has 0 unspecified atom stereocenters. The summed E-state index contributed by atoms with van der Waals surface area (Å²) in [6.45, 7) is 1.49. The zero-order valence-electron chi connectivity index (χ0n) is 14.9. The quantitative estimate of drug-likeness (QED) is 0.567. The molecule has 0 radical (unpaired) electrons. The van der Waals surface area contributed by atoms with E-state index in [1.807, 2.05) is 0 Å². The van der Waals surface area contributed by atoms with Crippen LogP contribution in [0.15, 0.2) is 36.8 Å². The van der Waals surface area contributed by atoms with Crippen LogP contribution in [-0.2, 0) is 17.5 Å². The van der Waals surface area contributed by atoms with E-state index in [2.05, 4.69) is 25.4 Å². The summed E-state index contributed by atoms with van der Waals surface area (Å²) < 4.78 is 39.6. The summed E-state index contributed by atoms with van der Waals surface area (Å²) in [7, 11) is 0. The number of rotatable bonds is 6.